The van der Waals surface area contributed by atoms with Gasteiger partial charge in [-0.2, -0.15) is 0 Å². The number of nitrogens with zero attached hydrogens (tertiary/aromatic N) is 2. The van der Waals surface area contributed by atoms with Crippen molar-refractivity contribution in [2.75, 3.05) is 26.7 Å². The van der Waals surface area contributed by atoms with Crippen LogP contribution in [-0.4, -0.2) is 43.6 Å². The Bertz CT molecular complexity index is 624. The van der Waals surface area contributed by atoms with E-state index in [2.05, 4.69) is 17.1 Å². The lowest BCUT2D eigenvalue weighted by Crippen LogP contribution is -2.40. The zero-order chi connectivity index (χ0) is 17.8. The van der Waals surface area contributed by atoms with Crippen LogP contribution in [0.1, 0.15) is 54.5 Å². The Hall–Kier alpha value is -1.98. The molecule has 2 heterocycles. The summed E-state index contributed by atoms with van der Waals surface area (Å²) in [6, 6.07) is 1.73. The Morgan fingerprint density at radius 2 is 2.04 bits per heavy atom. The lowest BCUT2D eigenvalue weighted by Gasteiger charge is -2.22. The number of ether oxygens (including phenoxy) is 1. The molecule has 1 saturated heterocycles. The van der Waals surface area contributed by atoms with Crippen LogP contribution in [0.4, 0.5) is 0 Å². The van der Waals surface area contributed by atoms with E-state index >= 15 is 0 Å². The molecule has 0 radical (unpaired) electrons. The molecule has 2 atom stereocenters. The molecule has 2 unspecified atom stereocenters. The third kappa shape index (κ3) is 3.99. The van der Waals surface area contributed by atoms with Crippen molar-refractivity contribution in [3.8, 4) is 0 Å². The van der Waals surface area contributed by atoms with Gasteiger partial charge in [0.2, 0.25) is 0 Å². The van der Waals surface area contributed by atoms with Gasteiger partial charge in [-0.15, -0.1) is 0 Å². The standard InChI is InChI=1S/C19H29N3O3/c1-4-20-19(22-11-14-7-5-6-8-15(14)12-22)21-10-16-9-17(13(2)25-16)18(23)24-3/h9,14-15H,4-8,10-12H2,1-3H3,(H,20,21). The van der Waals surface area contributed by atoms with Crippen LogP contribution < -0.4 is 5.32 Å². The Morgan fingerprint density at radius 1 is 1.36 bits per heavy atom. The molecule has 2 aliphatic rings. The summed E-state index contributed by atoms with van der Waals surface area (Å²) in [5.41, 5.74) is 0.477. The number of esters is 1. The predicted octanol–water partition coefficient (Wildman–Crippen LogP) is 2.96. The fourth-order valence-corrected chi connectivity index (χ4v) is 4.09. The number of furan rings is 1. The Morgan fingerprint density at radius 3 is 2.64 bits per heavy atom. The number of fused-ring (bicyclic) bond motifs is 1. The zero-order valence-electron chi connectivity index (χ0n) is 15.5. The van der Waals surface area contributed by atoms with Crippen molar-refractivity contribution < 1.29 is 13.9 Å². The first-order valence-corrected chi connectivity index (χ1v) is 9.33. The maximum atomic E-state index is 11.7. The fourth-order valence-electron chi connectivity index (χ4n) is 4.09. The van der Waals surface area contributed by atoms with E-state index in [4.69, 9.17) is 14.1 Å². The molecule has 0 aromatic carbocycles. The van der Waals surface area contributed by atoms with Crippen molar-refractivity contribution >= 4 is 11.9 Å². The van der Waals surface area contributed by atoms with Gasteiger partial charge in [0.15, 0.2) is 5.96 Å². The molecule has 3 rings (SSSR count). The van der Waals surface area contributed by atoms with Gasteiger partial charge in [0.25, 0.3) is 0 Å². The van der Waals surface area contributed by atoms with Gasteiger partial charge in [-0.05, 0) is 44.6 Å². The summed E-state index contributed by atoms with van der Waals surface area (Å²) < 4.78 is 10.4. The van der Waals surface area contributed by atoms with Crippen LogP contribution in [-0.2, 0) is 11.3 Å². The molecule has 6 nitrogen and oxygen atoms in total. The minimum atomic E-state index is -0.369. The predicted molar refractivity (Wildman–Crippen MR) is 96.6 cm³/mol. The smallest absolute Gasteiger partial charge is 0.341 e. The topological polar surface area (TPSA) is 67.1 Å². The highest BCUT2D eigenvalue weighted by molar-refractivity contribution is 5.90. The van der Waals surface area contributed by atoms with Crippen molar-refractivity contribution in [1.29, 1.82) is 0 Å². The quantitative estimate of drug-likeness (QED) is 0.515. The average Bonchev–Trinajstić information content (AvgIpc) is 3.21. The number of aliphatic imine (C=N–C) groups is 1. The second-order valence-electron chi connectivity index (χ2n) is 7.05. The summed E-state index contributed by atoms with van der Waals surface area (Å²) in [5, 5.41) is 3.40. The molecule has 25 heavy (non-hydrogen) atoms. The van der Waals surface area contributed by atoms with Crippen molar-refractivity contribution in [2.45, 2.75) is 46.1 Å². The van der Waals surface area contributed by atoms with Crippen molar-refractivity contribution in [1.82, 2.24) is 10.2 Å². The summed E-state index contributed by atoms with van der Waals surface area (Å²) in [6.07, 6.45) is 5.43. The van der Waals surface area contributed by atoms with E-state index in [1.165, 1.54) is 32.8 Å². The lowest BCUT2D eigenvalue weighted by atomic mass is 9.82. The van der Waals surface area contributed by atoms with E-state index in [1.807, 2.05) is 0 Å². The van der Waals surface area contributed by atoms with Crippen LogP contribution in [0.15, 0.2) is 15.5 Å². The first kappa shape index (κ1) is 17.8. The number of aryl methyl sites for hydroxylation is 1. The van der Waals surface area contributed by atoms with E-state index in [9.17, 15) is 4.79 Å². The minimum Gasteiger partial charge on any atom is -0.465 e. The number of hydrogen-bond donors (Lipinski definition) is 1. The SMILES string of the molecule is CCNC(=NCc1cc(C(=O)OC)c(C)o1)N1CC2CCCCC2C1. The van der Waals surface area contributed by atoms with Gasteiger partial charge in [-0.3, -0.25) is 0 Å². The van der Waals surface area contributed by atoms with Crippen molar-refractivity contribution in [2.24, 2.45) is 16.8 Å². The number of nitrogens with one attached hydrogen (secondary N) is 1. The molecule has 6 heteroatoms. The molecule has 1 aliphatic carbocycles. The molecular formula is C19H29N3O3. The van der Waals surface area contributed by atoms with Crippen LogP contribution in [0, 0.1) is 18.8 Å². The monoisotopic (exact) mass is 347 g/mol. The van der Waals surface area contributed by atoms with Crippen LogP contribution in [0.25, 0.3) is 0 Å². The Labute approximate surface area is 149 Å². The molecule has 1 aliphatic heterocycles. The third-order valence-electron chi connectivity index (χ3n) is 5.37. The van der Waals surface area contributed by atoms with E-state index in [-0.39, 0.29) is 5.97 Å². The molecule has 1 N–H and O–H groups in total. The van der Waals surface area contributed by atoms with Crippen LogP contribution in [0.5, 0.6) is 0 Å². The molecule has 0 spiro atoms. The number of hydrogen-bond acceptors (Lipinski definition) is 4. The molecular weight excluding hydrogens is 318 g/mol. The van der Waals surface area contributed by atoms with Gasteiger partial charge in [-0.1, -0.05) is 12.8 Å². The second-order valence-corrected chi connectivity index (χ2v) is 7.05. The highest BCUT2D eigenvalue weighted by atomic mass is 16.5. The zero-order valence-corrected chi connectivity index (χ0v) is 15.5. The van der Waals surface area contributed by atoms with Crippen LogP contribution in [0.3, 0.4) is 0 Å². The molecule has 1 aromatic rings. The fraction of sp³-hybridized carbons (Fsp3) is 0.684. The second kappa shape index (κ2) is 7.93. The number of methoxy groups -OCH3 is 1. The van der Waals surface area contributed by atoms with Gasteiger partial charge in [0.05, 0.1) is 7.11 Å². The number of rotatable bonds is 4. The number of carbonyl (C=O) groups is 1. The van der Waals surface area contributed by atoms with Gasteiger partial charge in [-0.25, -0.2) is 9.79 Å². The first-order chi connectivity index (χ1) is 12.1. The van der Waals surface area contributed by atoms with E-state index in [0.29, 0.717) is 23.6 Å². The van der Waals surface area contributed by atoms with Gasteiger partial charge >= 0.3 is 5.97 Å². The summed E-state index contributed by atoms with van der Waals surface area (Å²) in [4.78, 5) is 18.8. The van der Waals surface area contributed by atoms with Crippen LogP contribution >= 0.6 is 0 Å². The molecule has 1 aromatic heterocycles. The Kier molecular flexibility index (Phi) is 5.66. The number of likely N-dealkylation sites (tertiary alicyclic amines) is 1. The summed E-state index contributed by atoms with van der Waals surface area (Å²) in [5.74, 6) is 3.47. The van der Waals surface area contributed by atoms with E-state index < -0.39 is 0 Å². The highest BCUT2D eigenvalue weighted by Gasteiger charge is 2.35. The van der Waals surface area contributed by atoms with Gasteiger partial charge in [0.1, 0.15) is 23.6 Å². The molecule has 2 fully saturated rings. The summed E-state index contributed by atoms with van der Waals surface area (Å²) >= 11 is 0. The third-order valence-corrected chi connectivity index (χ3v) is 5.37. The molecule has 0 bridgehead atoms. The van der Waals surface area contributed by atoms with Gasteiger partial charge in [0, 0.05) is 19.6 Å². The normalized spacial score (nSPS) is 23.5. The maximum Gasteiger partial charge on any atom is 0.341 e. The number of carbonyl (C=O) groups excluding carboxylic acids is 1. The molecule has 0 amide bonds. The lowest BCUT2D eigenvalue weighted by molar-refractivity contribution is 0.0599. The minimum absolute atomic E-state index is 0.369. The average molecular weight is 347 g/mol. The molecule has 1 saturated carbocycles. The highest BCUT2D eigenvalue weighted by Crippen LogP contribution is 2.36. The Balaban J connectivity index is 1.69. The largest absolute Gasteiger partial charge is 0.465 e. The van der Waals surface area contributed by atoms with Gasteiger partial charge < -0.3 is 19.4 Å². The van der Waals surface area contributed by atoms with Crippen LogP contribution in [0.2, 0.25) is 0 Å². The van der Waals surface area contributed by atoms with E-state index in [0.717, 1.165) is 37.4 Å². The maximum absolute atomic E-state index is 11.7. The number of guanidine groups is 1. The van der Waals surface area contributed by atoms with Crippen molar-refractivity contribution in [3.63, 3.8) is 0 Å². The van der Waals surface area contributed by atoms with Crippen molar-refractivity contribution in [3.05, 3.63) is 23.2 Å². The summed E-state index contributed by atoms with van der Waals surface area (Å²) in [6.45, 7) is 7.32. The first-order valence-electron chi connectivity index (χ1n) is 9.33. The molecule has 138 valence electrons. The summed E-state index contributed by atoms with van der Waals surface area (Å²) in [7, 11) is 1.38. The van der Waals surface area contributed by atoms with E-state index in [1.54, 1.807) is 13.0 Å².